The predicted molar refractivity (Wildman–Crippen MR) is 98.1 cm³/mol. The molecule has 0 saturated carbocycles. The summed E-state index contributed by atoms with van der Waals surface area (Å²) in [6, 6.07) is 14.1. The molecule has 3 heteroatoms. The van der Waals surface area contributed by atoms with Gasteiger partial charge in [-0.1, -0.05) is 60.8 Å². The fraction of sp³-hybridized carbons (Fsp3) is 0.211. The van der Waals surface area contributed by atoms with Gasteiger partial charge in [-0.15, -0.1) is 13.2 Å². The predicted octanol–water partition coefficient (Wildman–Crippen LogP) is 4.26. The summed E-state index contributed by atoms with van der Waals surface area (Å²) < 4.78 is 0. The minimum Gasteiger partial charge on any atom is -0.388 e. The summed E-state index contributed by atoms with van der Waals surface area (Å²) in [6.45, 7) is 8.80. The van der Waals surface area contributed by atoms with Crippen LogP contribution in [0.1, 0.15) is 18.1 Å². The molecule has 0 radical (unpaired) electrons. The number of rotatable bonds is 7. The number of benzene rings is 2. The Labute approximate surface area is 137 Å². The second kappa shape index (κ2) is 7.87. The molecule has 2 aromatic carbocycles. The molecule has 1 N–H and O–H groups in total. The van der Waals surface area contributed by atoms with Crippen LogP contribution in [0.25, 0.3) is 10.8 Å². The molecule has 0 spiro atoms. The zero-order valence-corrected chi connectivity index (χ0v) is 13.4. The van der Waals surface area contributed by atoms with Crippen LogP contribution in [0.4, 0.5) is 0 Å². The molecule has 0 fully saturated rings. The summed E-state index contributed by atoms with van der Waals surface area (Å²) in [5.74, 6) is 0. The van der Waals surface area contributed by atoms with E-state index >= 15 is 0 Å². The fourth-order valence-electron chi connectivity index (χ4n) is 2.42. The lowest BCUT2D eigenvalue weighted by Crippen LogP contribution is -2.30. The molecule has 0 aromatic heterocycles. The molecule has 0 aliphatic carbocycles. The van der Waals surface area contributed by atoms with Gasteiger partial charge in [-0.05, 0) is 22.4 Å². The van der Waals surface area contributed by atoms with Crippen LogP contribution in [-0.2, 0) is 0 Å². The Balaban J connectivity index is 2.12. The molecule has 0 aliphatic heterocycles. The first-order valence-corrected chi connectivity index (χ1v) is 7.73. The highest BCUT2D eigenvalue weighted by atomic mass is 32.1. The number of thiocarbonyl (C=S) groups is 1. The van der Waals surface area contributed by atoms with E-state index in [9.17, 15) is 5.11 Å². The maximum Gasteiger partial charge on any atom is 0.0853 e. The largest absolute Gasteiger partial charge is 0.388 e. The number of aliphatic hydroxyl groups excluding tert-OH is 1. The van der Waals surface area contributed by atoms with Crippen molar-refractivity contribution in [3.63, 3.8) is 0 Å². The fourth-order valence-corrected chi connectivity index (χ4v) is 2.72. The highest BCUT2D eigenvalue weighted by Crippen LogP contribution is 2.23. The molecule has 2 nitrogen and oxygen atoms in total. The Bertz CT molecular complexity index is 670. The Kier molecular flexibility index (Phi) is 5.87. The third-order valence-corrected chi connectivity index (χ3v) is 4.00. The van der Waals surface area contributed by atoms with Crippen molar-refractivity contribution in [1.29, 1.82) is 0 Å². The lowest BCUT2D eigenvalue weighted by molar-refractivity contribution is 0.183. The minimum absolute atomic E-state index is 0.426. The van der Waals surface area contributed by atoms with Crippen LogP contribution in [-0.4, -0.2) is 28.1 Å². The zero-order chi connectivity index (χ0) is 15.9. The number of aliphatic hydroxyl groups is 1. The maximum absolute atomic E-state index is 10.5. The van der Waals surface area contributed by atoms with Gasteiger partial charge in [-0.3, -0.25) is 0 Å². The second-order valence-corrected chi connectivity index (χ2v) is 5.67. The number of hydrogen-bond donors (Lipinski definition) is 1. The molecule has 114 valence electrons. The van der Waals surface area contributed by atoms with Crippen molar-refractivity contribution in [2.45, 2.75) is 12.5 Å². The molecule has 0 heterocycles. The van der Waals surface area contributed by atoms with Crippen molar-refractivity contribution in [2.24, 2.45) is 0 Å². The van der Waals surface area contributed by atoms with E-state index in [1.807, 2.05) is 41.3 Å². The Morgan fingerprint density at radius 1 is 1.09 bits per heavy atom. The van der Waals surface area contributed by atoms with Crippen molar-refractivity contribution >= 4 is 28.0 Å². The average Bonchev–Trinajstić information content (AvgIpc) is 2.54. The van der Waals surface area contributed by atoms with E-state index in [1.54, 1.807) is 12.2 Å². The monoisotopic (exact) mass is 311 g/mol. The van der Waals surface area contributed by atoms with Crippen molar-refractivity contribution in [3.8, 4) is 0 Å². The molecule has 0 bridgehead atoms. The van der Waals surface area contributed by atoms with Gasteiger partial charge in [0.2, 0.25) is 0 Å². The van der Waals surface area contributed by atoms with Gasteiger partial charge in [0.25, 0.3) is 0 Å². The van der Waals surface area contributed by atoms with Gasteiger partial charge in [0.15, 0.2) is 0 Å². The van der Waals surface area contributed by atoms with Gasteiger partial charge in [-0.2, -0.15) is 0 Å². The quantitative estimate of drug-likeness (QED) is 0.610. The zero-order valence-electron chi connectivity index (χ0n) is 12.6. The van der Waals surface area contributed by atoms with E-state index < -0.39 is 6.10 Å². The highest BCUT2D eigenvalue weighted by molar-refractivity contribution is 7.80. The lowest BCUT2D eigenvalue weighted by Gasteiger charge is -2.24. The van der Waals surface area contributed by atoms with Crippen molar-refractivity contribution in [2.75, 3.05) is 13.1 Å². The summed E-state index contributed by atoms with van der Waals surface area (Å²) in [7, 11) is 0. The van der Waals surface area contributed by atoms with E-state index in [0.29, 0.717) is 19.5 Å². The molecule has 2 rings (SSSR count). The smallest absolute Gasteiger partial charge is 0.0853 e. The lowest BCUT2D eigenvalue weighted by atomic mass is 10.0. The first-order valence-electron chi connectivity index (χ1n) is 7.32. The summed E-state index contributed by atoms with van der Waals surface area (Å²) >= 11 is 5.45. The molecule has 1 atom stereocenters. The first kappa shape index (κ1) is 16.4. The van der Waals surface area contributed by atoms with E-state index in [-0.39, 0.29) is 0 Å². The molecular formula is C19H21NOS. The van der Waals surface area contributed by atoms with Gasteiger partial charge in [0.05, 0.1) is 11.1 Å². The Morgan fingerprint density at radius 3 is 2.36 bits per heavy atom. The summed E-state index contributed by atoms with van der Waals surface area (Å²) in [4.78, 5) is 2.71. The van der Waals surface area contributed by atoms with Crippen molar-refractivity contribution < 1.29 is 5.11 Å². The minimum atomic E-state index is -0.603. The van der Waals surface area contributed by atoms with E-state index in [0.717, 1.165) is 15.9 Å². The SMILES string of the molecule is C=CCN(CC=C)C(=S)C[C@@H](O)c1ccc2ccccc2c1. The number of nitrogens with zero attached hydrogens (tertiary/aromatic N) is 1. The highest BCUT2D eigenvalue weighted by Gasteiger charge is 2.14. The van der Waals surface area contributed by atoms with E-state index in [1.165, 1.54) is 5.39 Å². The van der Waals surface area contributed by atoms with Crippen LogP contribution < -0.4 is 0 Å². The molecule has 0 amide bonds. The van der Waals surface area contributed by atoms with Gasteiger partial charge in [0, 0.05) is 19.5 Å². The molecule has 2 aromatic rings. The van der Waals surface area contributed by atoms with Crippen LogP contribution in [0.5, 0.6) is 0 Å². The first-order chi connectivity index (χ1) is 10.7. The van der Waals surface area contributed by atoms with Gasteiger partial charge >= 0.3 is 0 Å². The summed E-state index contributed by atoms with van der Waals surface area (Å²) in [5, 5.41) is 12.8. The van der Waals surface area contributed by atoms with Gasteiger partial charge in [-0.25, -0.2) is 0 Å². The van der Waals surface area contributed by atoms with Crippen LogP contribution in [0.3, 0.4) is 0 Å². The van der Waals surface area contributed by atoms with E-state index in [2.05, 4.69) is 19.2 Å². The second-order valence-electron chi connectivity index (χ2n) is 5.20. The summed E-state index contributed by atoms with van der Waals surface area (Å²) in [6.07, 6.45) is 3.43. The molecule has 0 saturated heterocycles. The number of hydrogen-bond acceptors (Lipinski definition) is 2. The van der Waals surface area contributed by atoms with Crippen LogP contribution >= 0.6 is 12.2 Å². The van der Waals surface area contributed by atoms with Crippen LogP contribution in [0, 0.1) is 0 Å². The average molecular weight is 311 g/mol. The third-order valence-electron chi connectivity index (χ3n) is 3.58. The van der Waals surface area contributed by atoms with Gasteiger partial charge in [0.1, 0.15) is 0 Å². The molecule has 0 aliphatic rings. The standard InChI is InChI=1S/C19H21NOS/c1-3-11-20(12-4-2)19(22)14-18(21)17-10-9-15-7-5-6-8-16(15)13-17/h3-10,13,18,21H,1-2,11-12,14H2/t18-/m1/s1. The summed E-state index contributed by atoms with van der Waals surface area (Å²) in [5.41, 5.74) is 0.887. The molecule has 0 unspecified atom stereocenters. The van der Waals surface area contributed by atoms with Crippen LogP contribution in [0.2, 0.25) is 0 Å². The molecular weight excluding hydrogens is 290 g/mol. The Morgan fingerprint density at radius 2 is 1.73 bits per heavy atom. The third kappa shape index (κ3) is 4.03. The maximum atomic E-state index is 10.5. The normalized spacial score (nSPS) is 11.9. The topological polar surface area (TPSA) is 23.5 Å². The van der Waals surface area contributed by atoms with Gasteiger partial charge < -0.3 is 10.0 Å². The van der Waals surface area contributed by atoms with E-state index in [4.69, 9.17) is 12.2 Å². The Hall–Kier alpha value is -1.97. The van der Waals surface area contributed by atoms with Crippen molar-refractivity contribution in [3.05, 3.63) is 73.3 Å². The molecule has 22 heavy (non-hydrogen) atoms. The van der Waals surface area contributed by atoms with Crippen LogP contribution in [0.15, 0.2) is 67.8 Å². The number of fused-ring (bicyclic) bond motifs is 1. The van der Waals surface area contributed by atoms with Crippen molar-refractivity contribution in [1.82, 2.24) is 4.90 Å².